The maximum atomic E-state index is 11.1. The Balaban J connectivity index is 2.13. The van der Waals surface area contributed by atoms with E-state index in [0.717, 1.165) is 17.7 Å². The van der Waals surface area contributed by atoms with Gasteiger partial charge in [0.1, 0.15) is 6.61 Å². The van der Waals surface area contributed by atoms with Gasteiger partial charge in [0, 0.05) is 30.9 Å². The van der Waals surface area contributed by atoms with Crippen LogP contribution in [0.15, 0.2) is 30.6 Å². The van der Waals surface area contributed by atoms with Crippen molar-refractivity contribution in [2.45, 2.75) is 26.6 Å². The zero-order valence-electron chi connectivity index (χ0n) is 12.1. The number of rotatable bonds is 7. The van der Waals surface area contributed by atoms with Crippen molar-refractivity contribution < 1.29 is 9.66 Å². The number of nitrogens with zero attached hydrogens (tertiary/aromatic N) is 3. The lowest BCUT2D eigenvalue weighted by atomic mass is 10.2. The average molecular weight is 290 g/mol. The lowest BCUT2D eigenvalue weighted by Crippen LogP contribution is -2.06. The first-order valence-electron chi connectivity index (χ1n) is 6.70. The predicted octanol–water partition coefficient (Wildman–Crippen LogP) is 2.11. The highest BCUT2D eigenvalue weighted by molar-refractivity contribution is 5.48. The van der Waals surface area contributed by atoms with E-state index in [4.69, 9.17) is 4.74 Å². The van der Waals surface area contributed by atoms with Crippen molar-refractivity contribution in [1.82, 2.24) is 15.1 Å². The fourth-order valence-electron chi connectivity index (χ4n) is 1.96. The molecule has 1 aromatic heterocycles. The minimum Gasteiger partial charge on any atom is -0.482 e. The van der Waals surface area contributed by atoms with Crippen LogP contribution >= 0.6 is 0 Å². The summed E-state index contributed by atoms with van der Waals surface area (Å²) in [4.78, 5) is 10.7. The third-order valence-corrected chi connectivity index (χ3v) is 3.01. The normalized spacial score (nSPS) is 10.6. The maximum absolute atomic E-state index is 11.1. The molecule has 2 aromatic rings. The fraction of sp³-hybridized carbons (Fsp3) is 0.357. The number of ether oxygens (including phenoxy) is 1. The summed E-state index contributed by atoms with van der Waals surface area (Å²) >= 11 is 0. The van der Waals surface area contributed by atoms with Crippen LogP contribution < -0.4 is 10.1 Å². The highest BCUT2D eigenvalue weighted by atomic mass is 16.6. The van der Waals surface area contributed by atoms with Crippen molar-refractivity contribution in [3.05, 3.63) is 51.8 Å². The number of hydrogen-bond acceptors (Lipinski definition) is 5. The fourth-order valence-corrected chi connectivity index (χ4v) is 1.96. The average Bonchev–Trinajstić information content (AvgIpc) is 2.94. The van der Waals surface area contributed by atoms with Crippen LogP contribution in [-0.4, -0.2) is 21.8 Å². The van der Waals surface area contributed by atoms with Gasteiger partial charge in [0.25, 0.3) is 0 Å². The van der Waals surface area contributed by atoms with Gasteiger partial charge >= 0.3 is 5.69 Å². The summed E-state index contributed by atoms with van der Waals surface area (Å²) < 4.78 is 7.34. The summed E-state index contributed by atoms with van der Waals surface area (Å²) in [6.07, 6.45) is 3.56. The summed E-state index contributed by atoms with van der Waals surface area (Å²) in [6, 6.07) is 4.98. The van der Waals surface area contributed by atoms with Gasteiger partial charge in [-0.2, -0.15) is 5.10 Å². The SMILES string of the molecule is CCn1cc(COc2ccc(CNC)cc2[N+](=O)[O-])cn1. The zero-order valence-corrected chi connectivity index (χ0v) is 12.1. The summed E-state index contributed by atoms with van der Waals surface area (Å²) in [5, 5.41) is 18.2. The van der Waals surface area contributed by atoms with Gasteiger partial charge in [-0.3, -0.25) is 14.8 Å². The second-order valence-electron chi connectivity index (χ2n) is 4.58. The van der Waals surface area contributed by atoms with Crippen molar-refractivity contribution in [1.29, 1.82) is 0 Å². The van der Waals surface area contributed by atoms with E-state index < -0.39 is 4.92 Å². The molecule has 2 rings (SSSR count). The van der Waals surface area contributed by atoms with Crippen molar-refractivity contribution in [2.75, 3.05) is 7.05 Å². The van der Waals surface area contributed by atoms with Gasteiger partial charge in [-0.1, -0.05) is 6.07 Å². The second-order valence-corrected chi connectivity index (χ2v) is 4.58. The van der Waals surface area contributed by atoms with E-state index in [-0.39, 0.29) is 18.0 Å². The lowest BCUT2D eigenvalue weighted by Gasteiger charge is -2.07. The topological polar surface area (TPSA) is 82.2 Å². The number of aryl methyl sites for hydroxylation is 1. The van der Waals surface area contributed by atoms with E-state index >= 15 is 0 Å². The Labute approximate surface area is 122 Å². The second kappa shape index (κ2) is 6.85. The zero-order chi connectivity index (χ0) is 15.2. The molecule has 21 heavy (non-hydrogen) atoms. The van der Waals surface area contributed by atoms with Crippen LogP contribution in [0.4, 0.5) is 5.69 Å². The van der Waals surface area contributed by atoms with Crippen LogP contribution in [0, 0.1) is 10.1 Å². The maximum Gasteiger partial charge on any atom is 0.311 e. The standard InChI is InChI=1S/C14H18N4O3/c1-3-17-9-12(8-16-17)10-21-14-5-4-11(7-15-2)6-13(14)18(19)20/h4-6,8-9,15H,3,7,10H2,1-2H3. The van der Waals surface area contributed by atoms with E-state index in [1.807, 2.05) is 19.2 Å². The first kappa shape index (κ1) is 15.0. The molecule has 1 heterocycles. The van der Waals surface area contributed by atoms with E-state index in [0.29, 0.717) is 6.54 Å². The Morgan fingerprint density at radius 3 is 2.86 bits per heavy atom. The van der Waals surface area contributed by atoms with Crippen molar-refractivity contribution in [3.8, 4) is 5.75 Å². The number of nitro groups is 1. The van der Waals surface area contributed by atoms with Crippen molar-refractivity contribution >= 4 is 5.69 Å². The molecule has 0 saturated carbocycles. The third-order valence-electron chi connectivity index (χ3n) is 3.01. The molecule has 7 heteroatoms. The number of aromatic nitrogens is 2. The molecule has 0 bridgehead atoms. The molecule has 0 unspecified atom stereocenters. The van der Waals surface area contributed by atoms with Gasteiger partial charge in [-0.15, -0.1) is 0 Å². The van der Waals surface area contributed by atoms with Gasteiger partial charge in [0.15, 0.2) is 5.75 Å². The van der Waals surface area contributed by atoms with Gasteiger partial charge in [0.05, 0.1) is 11.1 Å². The van der Waals surface area contributed by atoms with Crippen LogP contribution in [0.5, 0.6) is 5.75 Å². The Kier molecular flexibility index (Phi) is 4.89. The molecule has 0 amide bonds. The quantitative estimate of drug-likeness (QED) is 0.624. The van der Waals surface area contributed by atoms with Crippen molar-refractivity contribution in [3.63, 3.8) is 0 Å². The molecule has 0 fully saturated rings. The number of nitrogens with one attached hydrogen (secondary N) is 1. The molecule has 0 saturated heterocycles. The summed E-state index contributed by atoms with van der Waals surface area (Å²) in [5.74, 6) is 0.268. The van der Waals surface area contributed by atoms with E-state index in [9.17, 15) is 10.1 Å². The Morgan fingerprint density at radius 1 is 1.43 bits per heavy atom. The molecular weight excluding hydrogens is 272 g/mol. The van der Waals surface area contributed by atoms with E-state index in [1.165, 1.54) is 6.07 Å². The van der Waals surface area contributed by atoms with Crippen LogP contribution in [0.3, 0.4) is 0 Å². The molecule has 0 aliphatic carbocycles. The van der Waals surface area contributed by atoms with Crippen LogP contribution in [0.2, 0.25) is 0 Å². The molecular formula is C14H18N4O3. The predicted molar refractivity (Wildman–Crippen MR) is 78.1 cm³/mol. The first-order valence-corrected chi connectivity index (χ1v) is 6.70. The largest absolute Gasteiger partial charge is 0.482 e. The number of benzene rings is 1. The number of hydrogen-bond donors (Lipinski definition) is 1. The number of nitro benzene ring substituents is 1. The molecule has 7 nitrogen and oxygen atoms in total. The van der Waals surface area contributed by atoms with E-state index in [1.54, 1.807) is 24.0 Å². The molecule has 0 spiro atoms. The molecule has 0 aliphatic heterocycles. The van der Waals surface area contributed by atoms with Crippen molar-refractivity contribution in [2.24, 2.45) is 0 Å². The highest BCUT2D eigenvalue weighted by Gasteiger charge is 2.16. The minimum atomic E-state index is -0.427. The van der Waals surface area contributed by atoms with Crippen LogP contribution in [0.25, 0.3) is 0 Å². The summed E-state index contributed by atoms with van der Waals surface area (Å²) in [5.41, 5.74) is 1.70. The summed E-state index contributed by atoms with van der Waals surface area (Å²) in [6.45, 7) is 3.60. The first-order chi connectivity index (χ1) is 10.1. The highest BCUT2D eigenvalue weighted by Crippen LogP contribution is 2.28. The molecule has 0 atom stereocenters. The molecule has 112 valence electrons. The molecule has 1 N–H and O–H groups in total. The molecule has 0 aliphatic rings. The smallest absolute Gasteiger partial charge is 0.311 e. The molecule has 0 radical (unpaired) electrons. The Hall–Kier alpha value is -2.41. The monoisotopic (exact) mass is 290 g/mol. The Bertz CT molecular complexity index is 624. The summed E-state index contributed by atoms with van der Waals surface area (Å²) in [7, 11) is 1.79. The molecule has 1 aromatic carbocycles. The Morgan fingerprint density at radius 2 is 2.24 bits per heavy atom. The van der Waals surface area contributed by atoms with Gasteiger partial charge in [-0.05, 0) is 25.6 Å². The van der Waals surface area contributed by atoms with Crippen LogP contribution in [0.1, 0.15) is 18.1 Å². The minimum absolute atomic E-state index is 0.0226. The lowest BCUT2D eigenvalue weighted by molar-refractivity contribution is -0.386. The van der Waals surface area contributed by atoms with Crippen LogP contribution in [-0.2, 0) is 19.7 Å². The van der Waals surface area contributed by atoms with E-state index in [2.05, 4.69) is 10.4 Å². The van der Waals surface area contributed by atoms with Gasteiger partial charge < -0.3 is 10.1 Å². The van der Waals surface area contributed by atoms with Gasteiger partial charge in [0.2, 0.25) is 0 Å². The van der Waals surface area contributed by atoms with Gasteiger partial charge in [-0.25, -0.2) is 0 Å². The third kappa shape index (κ3) is 3.79.